The molecule has 10 nitrogen and oxygen atoms in total. The van der Waals surface area contributed by atoms with Crippen molar-refractivity contribution in [2.45, 2.75) is 4.90 Å². The van der Waals surface area contributed by atoms with Crippen molar-refractivity contribution in [3.8, 4) is 5.82 Å². The van der Waals surface area contributed by atoms with Gasteiger partial charge in [0.05, 0.1) is 9.82 Å². The third kappa shape index (κ3) is 3.82. The van der Waals surface area contributed by atoms with Crippen molar-refractivity contribution in [3.63, 3.8) is 0 Å². The van der Waals surface area contributed by atoms with E-state index in [0.717, 1.165) is 17.7 Å². The summed E-state index contributed by atoms with van der Waals surface area (Å²) in [6.07, 6.45) is 5.25. The molecule has 0 atom stereocenters. The first kappa shape index (κ1) is 19.0. The van der Waals surface area contributed by atoms with Gasteiger partial charge in [0.25, 0.3) is 5.69 Å². The number of benzene rings is 1. The molecule has 0 saturated carbocycles. The van der Waals surface area contributed by atoms with Crippen molar-refractivity contribution in [1.82, 2.24) is 18.8 Å². The van der Waals surface area contributed by atoms with Crippen molar-refractivity contribution < 1.29 is 13.3 Å². The lowest BCUT2D eigenvalue weighted by Crippen LogP contribution is -2.49. The number of rotatable bonds is 5. The predicted molar refractivity (Wildman–Crippen MR) is 105 cm³/mol. The molecule has 0 spiro atoms. The number of nitro groups is 1. The normalized spacial score (nSPS) is 15.4. The Labute approximate surface area is 167 Å². The largest absolute Gasteiger partial charge is 0.354 e. The van der Waals surface area contributed by atoms with Gasteiger partial charge in [-0.15, -0.1) is 0 Å². The molecule has 0 bridgehead atoms. The molecule has 1 aliphatic rings. The lowest BCUT2D eigenvalue weighted by Gasteiger charge is -2.34. The van der Waals surface area contributed by atoms with Crippen LogP contribution in [-0.4, -0.2) is 58.4 Å². The molecular weight excluding hydrogens is 396 g/mol. The van der Waals surface area contributed by atoms with E-state index >= 15 is 0 Å². The zero-order chi connectivity index (χ0) is 20.4. The summed E-state index contributed by atoms with van der Waals surface area (Å²) in [4.78, 5) is 20.8. The monoisotopic (exact) mass is 414 g/mol. The molecular formula is C18H18N6O4S. The SMILES string of the molecule is O=[N+]([O-])c1cccc(S(=O)(=O)N2CCN(c3cc(-n4cccc4)ncn3)CC2)c1. The van der Waals surface area contributed by atoms with Gasteiger partial charge in [0.2, 0.25) is 10.0 Å². The van der Waals surface area contributed by atoms with Crippen LogP contribution in [0.5, 0.6) is 0 Å². The Hall–Kier alpha value is -3.31. The zero-order valence-electron chi connectivity index (χ0n) is 15.3. The highest BCUT2D eigenvalue weighted by atomic mass is 32.2. The number of non-ortho nitro benzene ring substituents is 1. The van der Waals surface area contributed by atoms with E-state index in [0.29, 0.717) is 13.1 Å². The molecule has 0 amide bonds. The molecule has 29 heavy (non-hydrogen) atoms. The molecule has 0 aliphatic carbocycles. The van der Waals surface area contributed by atoms with Gasteiger partial charge >= 0.3 is 0 Å². The van der Waals surface area contributed by atoms with Gasteiger partial charge in [0.15, 0.2) is 0 Å². The number of sulfonamides is 1. The number of anilines is 1. The Morgan fingerprint density at radius 1 is 0.931 bits per heavy atom. The highest BCUT2D eigenvalue weighted by Gasteiger charge is 2.30. The maximum atomic E-state index is 12.9. The Kier molecular flexibility index (Phi) is 4.99. The first-order chi connectivity index (χ1) is 13.9. The van der Waals surface area contributed by atoms with Crippen molar-refractivity contribution in [2.24, 2.45) is 0 Å². The topological polar surface area (TPSA) is 114 Å². The summed E-state index contributed by atoms with van der Waals surface area (Å²) >= 11 is 0. The lowest BCUT2D eigenvalue weighted by molar-refractivity contribution is -0.385. The van der Waals surface area contributed by atoms with Gasteiger partial charge < -0.3 is 9.47 Å². The van der Waals surface area contributed by atoms with Crippen LogP contribution in [0.2, 0.25) is 0 Å². The van der Waals surface area contributed by atoms with Crippen molar-refractivity contribution in [1.29, 1.82) is 0 Å². The van der Waals surface area contributed by atoms with Gasteiger partial charge in [-0.3, -0.25) is 10.1 Å². The summed E-state index contributed by atoms with van der Waals surface area (Å²) in [6, 6.07) is 10.8. The predicted octanol–water partition coefficient (Wildman–Crippen LogP) is 1.69. The van der Waals surface area contributed by atoms with Crippen LogP contribution in [0.25, 0.3) is 5.82 Å². The van der Waals surface area contributed by atoms with E-state index in [2.05, 4.69) is 9.97 Å². The summed E-state index contributed by atoms with van der Waals surface area (Å²) < 4.78 is 29.0. The van der Waals surface area contributed by atoms with E-state index < -0.39 is 14.9 Å². The smallest absolute Gasteiger partial charge is 0.270 e. The van der Waals surface area contributed by atoms with Crippen LogP contribution in [0.15, 0.2) is 66.1 Å². The lowest BCUT2D eigenvalue weighted by atomic mass is 10.3. The number of hydrogen-bond acceptors (Lipinski definition) is 7. The van der Waals surface area contributed by atoms with Gasteiger partial charge in [-0.1, -0.05) is 6.07 Å². The highest BCUT2D eigenvalue weighted by molar-refractivity contribution is 7.89. The molecule has 1 saturated heterocycles. The minimum Gasteiger partial charge on any atom is -0.354 e. The number of nitro benzene ring substituents is 1. The molecule has 11 heteroatoms. The Bertz CT molecular complexity index is 1120. The first-order valence-electron chi connectivity index (χ1n) is 8.90. The van der Waals surface area contributed by atoms with Crippen LogP contribution in [0.3, 0.4) is 0 Å². The van der Waals surface area contributed by atoms with Gasteiger partial charge in [-0.05, 0) is 18.2 Å². The third-order valence-corrected chi connectivity index (χ3v) is 6.63. The minimum atomic E-state index is -3.80. The summed E-state index contributed by atoms with van der Waals surface area (Å²) in [6.45, 7) is 1.42. The van der Waals surface area contributed by atoms with Crippen molar-refractivity contribution >= 4 is 21.5 Å². The van der Waals surface area contributed by atoms with Gasteiger partial charge in [-0.25, -0.2) is 18.4 Å². The fraction of sp³-hybridized carbons (Fsp3) is 0.222. The molecule has 1 aliphatic heterocycles. The van der Waals surface area contributed by atoms with Gasteiger partial charge in [0.1, 0.15) is 18.0 Å². The first-order valence-corrected chi connectivity index (χ1v) is 10.3. The fourth-order valence-corrected chi connectivity index (χ4v) is 4.67. The van der Waals surface area contributed by atoms with Crippen molar-refractivity contribution in [3.05, 3.63) is 71.3 Å². The Morgan fingerprint density at radius 2 is 1.62 bits per heavy atom. The molecule has 0 radical (unpaired) electrons. The van der Waals surface area contributed by atoms with E-state index in [-0.39, 0.29) is 23.7 Å². The second-order valence-electron chi connectivity index (χ2n) is 6.47. The Morgan fingerprint density at radius 3 is 2.31 bits per heavy atom. The summed E-state index contributed by atoms with van der Waals surface area (Å²) in [5.74, 6) is 1.45. The molecule has 3 heterocycles. The average Bonchev–Trinajstić information content (AvgIpc) is 3.29. The molecule has 0 unspecified atom stereocenters. The van der Waals surface area contributed by atoms with Crippen LogP contribution in [0.1, 0.15) is 0 Å². The summed E-state index contributed by atoms with van der Waals surface area (Å²) in [5.41, 5.74) is -0.247. The van der Waals surface area contributed by atoms with Crippen LogP contribution >= 0.6 is 0 Å². The number of piperazine rings is 1. The Balaban J connectivity index is 1.49. The maximum absolute atomic E-state index is 12.9. The summed E-state index contributed by atoms with van der Waals surface area (Å²) in [5, 5.41) is 10.9. The number of hydrogen-bond donors (Lipinski definition) is 0. The van der Waals surface area contributed by atoms with Gasteiger partial charge in [-0.2, -0.15) is 4.31 Å². The molecule has 2 aromatic heterocycles. The zero-order valence-corrected chi connectivity index (χ0v) is 16.1. The van der Waals surface area contributed by atoms with Crippen LogP contribution in [0, 0.1) is 10.1 Å². The van der Waals surface area contributed by atoms with Crippen LogP contribution < -0.4 is 4.90 Å². The van der Waals surface area contributed by atoms with Crippen LogP contribution in [-0.2, 0) is 10.0 Å². The molecule has 3 aromatic rings. The quantitative estimate of drug-likeness (QED) is 0.461. The van der Waals surface area contributed by atoms with E-state index in [1.165, 1.54) is 28.8 Å². The van der Waals surface area contributed by atoms with E-state index in [1.807, 2.05) is 40.1 Å². The van der Waals surface area contributed by atoms with Crippen molar-refractivity contribution in [2.75, 3.05) is 31.1 Å². The van der Waals surface area contributed by atoms with E-state index in [4.69, 9.17) is 0 Å². The molecule has 1 fully saturated rings. The standard InChI is InChI=1S/C18H18N6O4S/c25-24(26)15-4-3-5-16(12-15)29(27,28)23-10-8-22(9-11-23)18-13-17(19-14-20-18)21-6-1-2-7-21/h1-7,12-14H,8-11H2. The summed E-state index contributed by atoms with van der Waals surface area (Å²) in [7, 11) is -3.80. The number of nitrogens with zero attached hydrogens (tertiary/aromatic N) is 6. The molecule has 4 rings (SSSR count). The van der Waals surface area contributed by atoms with E-state index in [1.54, 1.807) is 0 Å². The number of aromatic nitrogens is 3. The second-order valence-corrected chi connectivity index (χ2v) is 8.41. The third-order valence-electron chi connectivity index (χ3n) is 4.74. The molecule has 0 N–H and O–H groups in total. The average molecular weight is 414 g/mol. The van der Waals surface area contributed by atoms with Crippen LogP contribution in [0.4, 0.5) is 11.5 Å². The van der Waals surface area contributed by atoms with E-state index in [9.17, 15) is 18.5 Å². The van der Waals surface area contributed by atoms with Gasteiger partial charge in [0, 0.05) is 56.8 Å². The second kappa shape index (κ2) is 7.60. The molecule has 1 aromatic carbocycles. The highest BCUT2D eigenvalue weighted by Crippen LogP contribution is 2.23. The molecule has 150 valence electrons. The minimum absolute atomic E-state index is 0.0721. The maximum Gasteiger partial charge on any atom is 0.270 e. The fourth-order valence-electron chi connectivity index (χ4n) is 3.20.